The second-order valence-electron chi connectivity index (χ2n) is 4.00. The molecule has 2 N–H and O–H groups in total. The lowest BCUT2D eigenvalue weighted by molar-refractivity contribution is 0.161. The average Bonchev–Trinajstić information content (AvgIpc) is 2.54. The number of aryl methyl sites for hydroxylation is 2. The lowest BCUT2D eigenvalue weighted by Crippen LogP contribution is -2.21. The number of hydrogen-bond acceptors (Lipinski definition) is 3. The highest BCUT2D eigenvalue weighted by molar-refractivity contribution is 5.37. The van der Waals surface area contributed by atoms with Crippen molar-refractivity contribution in [3.63, 3.8) is 0 Å². The van der Waals surface area contributed by atoms with E-state index in [1.165, 1.54) is 0 Å². The Labute approximate surface area is 98.9 Å². The van der Waals surface area contributed by atoms with Crippen LogP contribution in [0.2, 0.25) is 0 Å². The zero-order chi connectivity index (χ0) is 12.4. The van der Waals surface area contributed by atoms with E-state index in [0.29, 0.717) is 6.54 Å². The molecule has 0 bridgehead atoms. The van der Waals surface area contributed by atoms with Gasteiger partial charge in [-0.2, -0.15) is 0 Å². The Hall–Kier alpha value is -1.85. The summed E-state index contributed by atoms with van der Waals surface area (Å²) in [6.45, 7) is 2.24. The van der Waals surface area contributed by atoms with Crippen LogP contribution in [0.25, 0.3) is 5.69 Å². The SMILES string of the molecule is Cc1cn(C)c(=O)n1-c1cccc(CNO)c1. The summed E-state index contributed by atoms with van der Waals surface area (Å²) in [7, 11) is 1.73. The normalized spacial score (nSPS) is 10.8. The van der Waals surface area contributed by atoms with Gasteiger partial charge in [-0.3, -0.25) is 4.57 Å². The molecule has 0 saturated heterocycles. The fraction of sp³-hybridized carbons (Fsp3) is 0.250. The van der Waals surface area contributed by atoms with Gasteiger partial charge in [0, 0.05) is 25.5 Å². The van der Waals surface area contributed by atoms with E-state index in [2.05, 4.69) is 5.48 Å². The standard InChI is InChI=1S/C12H15N3O2/c1-9-8-14(2)12(16)15(9)11-5-3-4-10(6-11)7-13-17/h3-6,8,13,17H,7H2,1-2H3. The highest BCUT2D eigenvalue weighted by atomic mass is 16.5. The maximum Gasteiger partial charge on any atom is 0.332 e. The molecule has 0 saturated carbocycles. The highest BCUT2D eigenvalue weighted by Crippen LogP contribution is 2.11. The number of rotatable bonds is 3. The monoisotopic (exact) mass is 233 g/mol. The molecule has 2 rings (SSSR count). The van der Waals surface area contributed by atoms with Crippen molar-refractivity contribution >= 4 is 0 Å². The molecule has 1 aromatic carbocycles. The number of benzene rings is 1. The lowest BCUT2D eigenvalue weighted by Gasteiger charge is -2.06. The van der Waals surface area contributed by atoms with Crippen LogP contribution in [0.1, 0.15) is 11.3 Å². The summed E-state index contributed by atoms with van der Waals surface area (Å²) < 4.78 is 3.19. The van der Waals surface area contributed by atoms with Gasteiger partial charge in [-0.1, -0.05) is 12.1 Å². The van der Waals surface area contributed by atoms with E-state index in [1.54, 1.807) is 22.4 Å². The van der Waals surface area contributed by atoms with Gasteiger partial charge in [-0.25, -0.2) is 10.3 Å². The second-order valence-corrected chi connectivity index (χ2v) is 4.00. The van der Waals surface area contributed by atoms with E-state index in [9.17, 15) is 4.79 Å². The first kappa shape index (κ1) is 11.6. The highest BCUT2D eigenvalue weighted by Gasteiger charge is 2.07. The van der Waals surface area contributed by atoms with Crippen LogP contribution in [0.5, 0.6) is 0 Å². The molecule has 90 valence electrons. The van der Waals surface area contributed by atoms with E-state index in [4.69, 9.17) is 5.21 Å². The minimum absolute atomic E-state index is 0.0726. The molecule has 0 atom stereocenters. The smallest absolute Gasteiger partial charge is 0.316 e. The summed E-state index contributed by atoms with van der Waals surface area (Å²) in [6.07, 6.45) is 1.79. The Morgan fingerprint density at radius 2 is 2.18 bits per heavy atom. The minimum atomic E-state index is -0.0726. The van der Waals surface area contributed by atoms with Crippen LogP contribution in [-0.4, -0.2) is 14.3 Å². The van der Waals surface area contributed by atoms with Crippen molar-refractivity contribution in [3.8, 4) is 5.69 Å². The number of nitrogens with one attached hydrogen (secondary N) is 1. The summed E-state index contributed by atoms with van der Waals surface area (Å²) in [6, 6.07) is 7.49. The topological polar surface area (TPSA) is 59.2 Å². The van der Waals surface area contributed by atoms with Crippen molar-refractivity contribution in [1.29, 1.82) is 0 Å². The molecule has 0 aliphatic carbocycles. The largest absolute Gasteiger partial charge is 0.332 e. The van der Waals surface area contributed by atoms with Crippen molar-refractivity contribution in [2.24, 2.45) is 7.05 Å². The van der Waals surface area contributed by atoms with Crippen LogP contribution in [0.3, 0.4) is 0 Å². The van der Waals surface area contributed by atoms with Gasteiger partial charge in [0.15, 0.2) is 0 Å². The summed E-state index contributed by atoms with van der Waals surface area (Å²) in [5.74, 6) is 0. The number of nitrogens with zero attached hydrogens (tertiary/aromatic N) is 2. The Bertz CT molecular complexity index is 584. The average molecular weight is 233 g/mol. The van der Waals surface area contributed by atoms with Gasteiger partial charge in [0.2, 0.25) is 0 Å². The Kier molecular flexibility index (Phi) is 3.12. The van der Waals surface area contributed by atoms with Gasteiger partial charge >= 0.3 is 5.69 Å². The fourth-order valence-electron chi connectivity index (χ4n) is 1.91. The Morgan fingerprint density at radius 3 is 2.76 bits per heavy atom. The zero-order valence-corrected chi connectivity index (χ0v) is 9.84. The summed E-state index contributed by atoms with van der Waals surface area (Å²) in [5, 5.41) is 8.67. The molecular weight excluding hydrogens is 218 g/mol. The predicted molar refractivity (Wildman–Crippen MR) is 64.4 cm³/mol. The number of hydrogen-bond donors (Lipinski definition) is 2. The first-order chi connectivity index (χ1) is 8.13. The minimum Gasteiger partial charge on any atom is -0.316 e. The molecule has 2 aromatic rings. The van der Waals surface area contributed by atoms with Crippen LogP contribution in [-0.2, 0) is 13.6 Å². The molecule has 0 aliphatic heterocycles. The van der Waals surface area contributed by atoms with E-state index >= 15 is 0 Å². The van der Waals surface area contributed by atoms with Gasteiger partial charge in [0.1, 0.15) is 0 Å². The van der Waals surface area contributed by atoms with Crippen LogP contribution >= 0.6 is 0 Å². The predicted octanol–water partition coefficient (Wildman–Crippen LogP) is 0.963. The van der Waals surface area contributed by atoms with Crippen molar-refractivity contribution in [3.05, 3.63) is 52.2 Å². The van der Waals surface area contributed by atoms with E-state index in [0.717, 1.165) is 16.9 Å². The molecule has 5 heteroatoms. The number of hydroxylamine groups is 1. The molecule has 0 amide bonds. The van der Waals surface area contributed by atoms with E-state index < -0.39 is 0 Å². The molecule has 1 heterocycles. The van der Waals surface area contributed by atoms with Gasteiger partial charge in [-0.15, -0.1) is 0 Å². The maximum absolute atomic E-state index is 11.9. The first-order valence-electron chi connectivity index (χ1n) is 5.34. The van der Waals surface area contributed by atoms with E-state index in [1.807, 2.05) is 31.2 Å². The Morgan fingerprint density at radius 1 is 1.41 bits per heavy atom. The summed E-state index contributed by atoms with van der Waals surface area (Å²) >= 11 is 0. The summed E-state index contributed by atoms with van der Waals surface area (Å²) in [5.41, 5.74) is 4.64. The van der Waals surface area contributed by atoms with Crippen molar-refractivity contribution in [2.75, 3.05) is 0 Å². The van der Waals surface area contributed by atoms with Crippen LogP contribution in [0, 0.1) is 6.92 Å². The maximum atomic E-state index is 11.9. The fourth-order valence-corrected chi connectivity index (χ4v) is 1.91. The number of imidazole rings is 1. The molecular formula is C12H15N3O2. The third-order valence-corrected chi connectivity index (χ3v) is 2.68. The third-order valence-electron chi connectivity index (χ3n) is 2.68. The van der Waals surface area contributed by atoms with Crippen molar-refractivity contribution < 1.29 is 5.21 Å². The van der Waals surface area contributed by atoms with Crippen LogP contribution in [0.15, 0.2) is 35.3 Å². The third kappa shape index (κ3) is 2.15. The summed E-state index contributed by atoms with van der Waals surface area (Å²) in [4.78, 5) is 11.9. The molecule has 0 aliphatic rings. The zero-order valence-electron chi connectivity index (χ0n) is 9.84. The first-order valence-corrected chi connectivity index (χ1v) is 5.34. The molecule has 0 fully saturated rings. The number of aromatic nitrogens is 2. The van der Waals surface area contributed by atoms with Crippen molar-refractivity contribution in [1.82, 2.24) is 14.6 Å². The van der Waals surface area contributed by atoms with Gasteiger partial charge in [0.25, 0.3) is 0 Å². The van der Waals surface area contributed by atoms with Gasteiger partial charge in [0.05, 0.1) is 5.69 Å². The molecule has 0 radical (unpaired) electrons. The molecule has 0 unspecified atom stereocenters. The lowest BCUT2D eigenvalue weighted by atomic mass is 10.2. The van der Waals surface area contributed by atoms with Crippen LogP contribution < -0.4 is 11.2 Å². The van der Waals surface area contributed by atoms with Crippen LogP contribution in [0.4, 0.5) is 0 Å². The van der Waals surface area contributed by atoms with Crippen molar-refractivity contribution in [2.45, 2.75) is 13.5 Å². The molecule has 5 nitrogen and oxygen atoms in total. The van der Waals surface area contributed by atoms with Gasteiger partial charge < -0.3 is 9.77 Å². The quantitative estimate of drug-likeness (QED) is 0.776. The molecule has 17 heavy (non-hydrogen) atoms. The van der Waals surface area contributed by atoms with E-state index in [-0.39, 0.29) is 5.69 Å². The molecule has 0 spiro atoms. The Balaban J connectivity index is 2.53. The molecule has 1 aromatic heterocycles. The van der Waals surface area contributed by atoms with Gasteiger partial charge in [-0.05, 0) is 24.6 Å². The second kappa shape index (κ2) is 4.57.